The van der Waals surface area contributed by atoms with Crippen LogP contribution in [0.3, 0.4) is 0 Å². The molecule has 4 nitrogen and oxygen atoms in total. The quantitative estimate of drug-likeness (QED) is 0.769. The van der Waals surface area contributed by atoms with Crippen LogP contribution in [0.15, 0.2) is 0 Å². The number of hydrogen-bond donors (Lipinski definition) is 1. The third-order valence-corrected chi connectivity index (χ3v) is 2.99. The van der Waals surface area contributed by atoms with Crippen molar-refractivity contribution < 1.29 is 9.53 Å². The first kappa shape index (κ1) is 13.0. The van der Waals surface area contributed by atoms with Gasteiger partial charge in [0.2, 0.25) is 5.91 Å². The summed E-state index contributed by atoms with van der Waals surface area (Å²) < 4.78 is 5.22. The largest absolute Gasteiger partial charge is 0.380 e. The number of amides is 1. The SMILES string of the molecule is CCOCC(C)NC(=O)C1(C#N)CC(C)C1. The molecule has 1 fully saturated rings. The van der Waals surface area contributed by atoms with Crippen molar-refractivity contribution in [2.75, 3.05) is 13.2 Å². The number of carbonyl (C=O) groups excluding carboxylic acids is 1. The number of nitrogens with one attached hydrogen (secondary N) is 1. The van der Waals surface area contributed by atoms with Crippen LogP contribution in [0.5, 0.6) is 0 Å². The van der Waals surface area contributed by atoms with Crippen LogP contribution in [0.2, 0.25) is 0 Å². The summed E-state index contributed by atoms with van der Waals surface area (Å²) >= 11 is 0. The Morgan fingerprint density at radius 1 is 1.69 bits per heavy atom. The van der Waals surface area contributed by atoms with Gasteiger partial charge in [0.15, 0.2) is 0 Å². The molecular weight excluding hydrogens is 204 g/mol. The summed E-state index contributed by atoms with van der Waals surface area (Å²) in [6, 6.07) is 2.12. The highest BCUT2D eigenvalue weighted by Gasteiger charge is 2.49. The number of rotatable bonds is 5. The summed E-state index contributed by atoms with van der Waals surface area (Å²) in [6.07, 6.45) is 1.35. The number of nitriles is 1. The second-order valence-electron chi connectivity index (χ2n) is 4.74. The molecule has 0 saturated heterocycles. The molecule has 1 aliphatic rings. The third kappa shape index (κ3) is 2.73. The summed E-state index contributed by atoms with van der Waals surface area (Å²) in [5.74, 6) is 0.341. The van der Waals surface area contributed by atoms with E-state index in [0.29, 0.717) is 32.0 Å². The van der Waals surface area contributed by atoms with E-state index in [0.717, 1.165) is 0 Å². The van der Waals surface area contributed by atoms with E-state index in [1.165, 1.54) is 0 Å². The summed E-state index contributed by atoms with van der Waals surface area (Å²) in [4.78, 5) is 11.9. The summed E-state index contributed by atoms with van der Waals surface area (Å²) in [7, 11) is 0. The lowest BCUT2D eigenvalue weighted by Gasteiger charge is -2.39. The van der Waals surface area contributed by atoms with Crippen molar-refractivity contribution in [2.24, 2.45) is 11.3 Å². The average molecular weight is 224 g/mol. The van der Waals surface area contributed by atoms with E-state index in [9.17, 15) is 4.79 Å². The third-order valence-electron chi connectivity index (χ3n) is 2.99. The Kier molecular flexibility index (Phi) is 4.31. The zero-order chi connectivity index (χ0) is 12.2. The minimum absolute atomic E-state index is 0.0337. The molecule has 0 aromatic rings. The molecule has 0 aromatic heterocycles. The van der Waals surface area contributed by atoms with Gasteiger partial charge in [-0.1, -0.05) is 6.92 Å². The van der Waals surface area contributed by atoms with Gasteiger partial charge >= 0.3 is 0 Å². The molecule has 1 atom stereocenters. The highest BCUT2D eigenvalue weighted by molar-refractivity contribution is 5.86. The van der Waals surface area contributed by atoms with Crippen LogP contribution in [0.4, 0.5) is 0 Å². The van der Waals surface area contributed by atoms with Crippen LogP contribution in [-0.2, 0) is 9.53 Å². The highest BCUT2D eigenvalue weighted by Crippen LogP contribution is 2.45. The van der Waals surface area contributed by atoms with E-state index in [4.69, 9.17) is 10.00 Å². The van der Waals surface area contributed by atoms with Gasteiger partial charge in [-0.3, -0.25) is 4.79 Å². The molecule has 0 aliphatic heterocycles. The Bertz CT molecular complexity index is 290. The van der Waals surface area contributed by atoms with E-state index in [2.05, 4.69) is 18.3 Å². The van der Waals surface area contributed by atoms with Gasteiger partial charge in [-0.05, 0) is 32.6 Å². The molecular formula is C12H20N2O2. The van der Waals surface area contributed by atoms with Crippen molar-refractivity contribution in [3.63, 3.8) is 0 Å². The molecule has 1 rings (SSSR count). The second-order valence-corrected chi connectivity index (χ2v) is 4.74. The Labute approximate surface area is 97.0 Å². The van der Waals surface area contributed by atoms with Crippen molar-refractivity contribution in [3.05, 3.63) is 0 Å². The lowest BCUT2D eigenvalue weighted by molar-refractivity contribution is -0.135. The van der Waals surface area contributed by atoms with E-state index in [-0.39, 0.29) is 11.9 Å². The fraction of sp³-hybridized carbons (Fsp3) is 0.833. The predicted octanol–water partition coefficient (Wildman–Crippen LogP) is 1.47. The Morgan fingerprint density at radius 3 is 2.75 bits per heavy atom. The predicted molar refractivity (Wildman–Crippen MR) is 60.5 cm³/mol. The standard InChI is InChI=1S/C12H20N2O2/c1-4-16-7-10(3)14-11(15)12(8-13)5-9(2)6-12/h9-10H,4-7H2,1-3H3,(H,14,15). The van der Waals surface area contributed by atoms with E-state index < -0.39 is 5.41 Å². The van der Waals surface area contributed by atoms with E-state index >= 15 is 0 Å². The maximum absolute atomic E-state index is 11.9. The van der Waals surface area contributed by atoms with E-state index in [1.807, 2.05) is 13.8 Å². The first-order valence-electron chi connectivity index (χ1n) is 5.84. The van der Waals surface area contributed by atoms with Gasteiger partial charge in [-0.15, -0.1) is 0 Å². The lowest BCUT2D eigenvalue weighted by atomic mass is 9.63. The fourth-order valence-electron chi connectivity index (χ4n) is 2.16. The van der Waals surface area contributed by atoms with Crippen LogP contribution >= 0.6 is 0 Å². The number of ether oxygens (including phenoxy) is 1. The van der Waals surface area contributed by atoms with Gasteiger partial charge in [-0.25, -0.2) is 0 Å². The van der Waals surface area contributed by atoms with Gasteiger partial charge in [0, 0.05) is 12.6 Å². The molecule has 0 radical (unpaired) electrons. The second kappa shape index (κ2) is 5.31. The Hall–Kier alpha value is -1.08. The van der Waals surface area contributed by atoms with Crippen LogP contribution in [0.1, 0.15) is 33.6 Å². The van der Waals surface area contributed by atoms with Crippen molar-refractivity contribution in [1.29, 1.82) is 5.26 Å². The molecule has 0 aromatic carbocycles. The maximum atomic E-state index is 11.9. The lowest BCUT2D eigenvalue weighted by Crippen LogP contribution is -2.51. The summed E-state index contributed by atoms with van der Waals surface area (Å²) in [5.41, 5.74) is -0.778. The molecule has 1 amide bonds. The smallest absolute Gasteiger partial charge is 0.240 e. The van der Waals surface area contributed by atoms with Gasteiger partial charge in [0.05, 0.1) is 12.7 Å². The van der Waals surface area contributed by atoms with Crippen molar-refractivity contribution >= 4 is 5.91 Å². The number of nitrogens with zero attached hydrogens (tertiary/aromatic N) is 1. The Morgan fingerprint density at radius 2 is 2.31 bits per heavy atom. The van der Waals surface area contributed by atoms with Crippen LogP contribution in [0.25, 0.3) is 0 Å². The first-order chi connectivity index (χ1) is 7.54. The minimum Gasteiger partial charge on any atom is -0.380 e. The summed E-state index contributed by atoms with van der Waals surface area (Å²) in [5, 5.41) is 11.9. The van der Waals surface area contributed by atoms with Crippen LogP contribution < -0.4 is 5.32 Å². The molecule has 1 unspecified atom stereocenters. The topological polar surface area (TPSA) is 62.1 Å². The minimum atomic E-state index is -0.778. The molecule has 0 heterocycles. The molecule has 4 heteroatoms. The average Bonchev–Trinajstić information content (AvgIpc) is 2.21. The maximum Gasteiger partial charge on any atom is 0.240 e. The van der Waals surface area contributed by atoms with Crippen molar-refractivity contribution in [2.45, 2.75) is 39.7 Å². The van der Waals surface area contributed by atoms with Gasteiger partial charge < -0.3 is 10.1 Å². The van der Waals surface area contributed by atoms with Crippen LogP contribution in [0, 0.1) is 22.7 Å². The molecule has 1 aliphatic carbocycles. The van der Waals surface area contributed by atoms with Crippen molar-refractivity contribution in [3.8, 4) is 6.07 Å². The zero-order valence-electron chi connectivity index (χ0n) is 10.2. The van der Waals surface area contributed by atoms with Gasteiger partial charge in [0.25, 0.3) is 0 Å². The zero-order valence-corrected chi connectivity index (χ0v) is 10.2. The van der Waals surface area contributed by atoms with Crippen molar-refractivity contribution in [1.82, 2.24) is 5.32 Å². The summed E-state index contributed by atoms with van der Waals surface area (Å²) in [6.45, 7) is 7.01. The first-order valence-corrected chi connectivity index (χ1v) is 5.84. The molecule has 90 valence electrons. The normalized spacial score (nSPS) is 30.0. The molecule has 0 spiro atoms. The molecule has 0 bridgehead atoms. The molecule has 1 saturated carbocycles. The number of hydrogen-bond acceptors (Lipinski definition) is 3. The van der Waals surface area contributed by atoms with E-state index in [1.54, 1.807) is 0 Å². The van der Waals surface area contributed by atoms with Gasteiger partial charge in [0.1, 0.15) is 5.41 Å². The Balaban J connectivity index is 2.43. The number of carbonyl (C=O) groups is 1. The molecule has 1 N–H and O–H groups in total. The fourth-order valence-corrected chi connectivity index (χ4v) is 2.16. The van der Waals surface area contributed by atoms with Gasteiger partial charge in [-0.2, -0.15) is 5.26 Å². The highest BCUT2D eigenvalue weighted by atomic mass is 16.5. The molecule has 16 heavy (non-hydrogen) atoms. The van der Waals surface area contributed by atoms with Crippen LogP contribution in [-0.4, -0.2) is 25.2 Å². The monoisotopic (exact) mass is 224 g/mol.